The van der Waals surface area contributed by atoms with Crippen LogP contribution in [0.5, 0.6) is 0 Å². The van der Waals surface area contributed by atoms with Crippen LogP contribution in [0.3, 0.4) is 0 Å². The number of rotatable bonds is 5. The molecule has 1 amide bonds. The van der Waals surface area contributed by atoms with E-state index >= 15 is 0 Å². The van der Waals surface area contributed by atoms with Crippen molar-refractivity contribution in [1.29, 1.82) is 0 Å². The van der Waals surface area contributed by atoms with E-state index in [0.717, 1.165) is 25.7 Å². The Morgan fingerprint density at radius 3 is 2.64 bits per heavy atom. The Kier molecular flexibility index (Phi) is 5.68. The molecule has 0 aromatic heterocycles. The lowest BCUT2D eigenvalue weighted by Gasteiger charge is -2.24. The van der Waals surface area contributed by atoms with Gasteiger partial charge >= 0.3 is 5.97 Å². The Balaban J connectivity index is 1.61. The van der Waals surface area contributed by atoms with Crippen LogP contribution in [-0.2, 0) is 9.59 Å². The molecule has 1 aromatic carbocycles. The van der Waals surface area contributed by atoms with E-state index in [0.29, 0.717) is 18.7 Å². The smallest absolute Gasteiger partial charge is 0.308 e. The Hall–Kier alpha value is -1.95. The number of carbonyl (C=O) groups is 2. The van der Waals surface area contributed by atoms with E-state index in [2.05, 4.69) is 5.32 Å². The molecule has 6 heteroatoms. The van der Waals surface area contributed by atoms with Crippen molar-refractivity contribution in [1.82, 2.24) is 10.2 Å². The first-order chi connectivity index (χ1) is 12.0. The first-order valence-corrected chi connectivity index (χ1v) is 9.03. The quantitative estimate of drug-likeness (QED) is 0.857. The number of hydrogen-bond acceptors (Lipinski definition) is 3. The largest absolute Gasteiger partial charge is 0.481 e. The van der Waals surface area contributed by atoms with Crippen molar-refractivity contribution >= 4 is 11.9 Å². The van der Waals surface area contributed by atoms with Crippen LogP contribution in [0.25, 0.3) is 0 Å². The molecule has 1 aliphatic heterocycles. The van der Waals surface area contributed by atoms with Gasteiger partial charge in [-0.15, -0.1) is 0 Å². The number of carboxylic acids is 1. The second kappa shape index (κ2) is 7.95. The third-order valence-corrected chi connectivity index (χ3v) is 5.33. The monoisotopic (exact) mass is 348 g/mol. The maximum Gasteiger partial charge on any atom is 0.308 e. The van der Waals surface area contributed by atoms with E-state index in [-0.39, 0.29) is 30.2 Å². The molecule has 5 nitrogen and oxygen atoms in total. The molecule has 1 aliphatic carbocycles. The molecular formula is C19H25FN2O3. The molecule has 1 saturated carbocycles. The van der Waals surface area contributed by atoms with E-state index in [4.69, 9.17) is 0 Å². The Bertz CT molecular complexity index is 631. The minimum atomic E-state index is -0.899. The van der Waals surface area contributed by atoms with Gasteiger partial charge in [0.25, 0.3) is 0 Å². The number of carbonyl (C=O) groups excluding carboxylic acids is 1. The highest BCUT2D eigenvalue weighted by Crippen LogP contribution is 2.33. The van der Waals surface area contributed by atoms with Crippen LogP contribution in [0, 0.1) is 11.7 Å². The molecule has 136 valence electrons. The molecule has 2 atom stereocenters. The van der Waals surface area contributed by atoms with Crippen LogP contribution in [-0.4, -0.2) is 47.6 Å². The van der Waals surface area contributed by atoms with Crippen molar-refractivity contribution in [3.05, 3.63) is 35.6 Å². The summed E-state index contributed by atoms with van der Waals surface area (Å²) in [6.45, 7) is 0.971. The van der Waals surface area contributed by atoms with E-state index in [1.807, 2.05) is 4.90 Å². The average molecular weight is 348 g/mol. The molecule has 2 N–H and O–H groups in total. The summed E-state index contributed by atoms with van der Waals surface area (Å²) in [6, 6.07) is 6.35. The zero-order valence-electron chi connectivity index (χ0n) is 14.3. The van der Waals surface area contributed by atoms with Crippen molar-refractivity contribution in [3.8, 4) is 0 Å². The van der Waals surface area contributed by atoms with Gasteiger partial charge in [-0.2, -0.15) is 0 Å². The topological polar surface area (TPSA) is 69.6 Å². The summed E-state index contributed by atoms with van der Waals surface area (Å²) in [5, 5.41) is 12.6. The van der Waals surface area contributed by atoms with E-state index in [1.165, 1.54) is 18.6 Å². The molecule has 0 unspecified atom stereocenters. The van der Waals surface area contributed by atoms with Gasteiger partial charge in [0.1, 0.15) is 5.82 Å². The average Bonchev–Trinajstić information content (AvgIpc) is 3.00. The van der Waals surface area contributed by atoms with Gasteiger partial charge in [-0.25, -0.2) is 4.39 Å². The van der Waals surface area contributed by atoms with E-state index in [9.17, 15) is 19.1 Å². The van der Waals surface area contributed by atoms with Gasteiger partial charge in [0.2, 0.25) is 5.91 Å². The maximum atomic E-state index is 13.5. The van der Waals surface area contributed by atoms with Crippen LogP contribution in [0.1, 0.15) is 43.6 Å². The molecule has 1 saturated heterocycles. The molecule has 3 rings (SSSR count). The summed E-state index contributed by atoms with van der Waals surface area (Å²) in [5.41, 5.74) is 0.683. The molecule has 25 heavy (non-hydrogen) atoms. The van der Waals surface area contributed by atoms with Crippen molar-refractivity contribution in [2.24, 2.45) is 5.92 Å². The van der Waals surface area contributed by atoms with Crippen LogP contribution in [0.2, 0.25) is 0 Å². The number of halogens is 1. The third kappa shape index (κ3) is 4.57. The summed E-state index contributed by atoms with van der Waals surface area (Å²) in [7, 11) is 0. The number of likely N-dealkylation sites (tertiary alicyclic amines) is 1. The minimum absolute atomic E-state index is 0.0454. The van der Waals surface area contributed by atoms with Crippen LogP contribution in [0.15, 0.2) is 24.3 Å². The van der Waals surface area contributed by atoms with E-state index in [1.54, 1.807) is 12.1 Å². The molecule has 0 radical (unpaired) electrons. The zero-order valence-corrected chi connectivity index (χ0v) is 14.3. The van der Waals surface area contributed by atoms with Crippen molar-refractivity contribution in [3.63, 3.8) is 0 Å². The lowest BCUT2D eigenvalue weighted by Crippen LogP contribution is -2.42. The lowest BCUT2D eigenvalue weighted by molar-refractivity contribution is -0.141. The number of benzene rings is 1. The van der Waals surface area contributed by atoms with E-state index < -0.39 is 11.9 Å². The molecule has 1 heterocycles. The molecule has 2 aliphatic rings. The number of aliphatic carboxylic acids is 1. The Morgan fingerprint density at radius 1 is 1.20 bits per heavy atom. The highest BCUT2D eigenvalue weighted by molar-refractivity contribution is 5.79. The predicted molar refractivity (Wildman–Crippen MR) is 91.7 cm³/mol. The molecular weight excluding hydrogens is 323 g/mol. The van der Waals surface area contributed by atoms with Crippen LogP contribution in [0.4, 0.5) is 4.39 Å². The van der Waals surface area contributed by atoms with Crippen LogP contribution < -0.4 is 5.32 Å². The number of carboxylic acid groups (broad SMARTS) is 1. The summed E-state index contributed by atoms with van der Waals surface area (Å²) in [5.74, 6) is -2.23. The van der Waals surface area contributed by atoms with Crippen molar-refractivity contribution in [2.45, 2.75) is 44.1 Å². The fraction of sp³-hybridized carbons (Fsp3) is 0.579. The fourth-order valence-electron chi connectivity index (χ4n) is 4.06. The second-order valence-electron chi connectivity index (χ2n) is 7.20. The number of hydrogen-bond donors (Lipinski definition) is 2. The Labute approximate surface area is 147 Å². The molecule has 2 fully saturated rings. The normalized spacial score (nSPS) is 25.0. The van der Waals surface area contributed by atoms with Gasteiger partial charge in [-0.3, -0.25) is 14.5 Å². The summed E-state index contributed by atoms with van der Waals surface area (Å²) >= 11 is 0. The standard InChI is InChI=1S/C19H25FN2O3/c20-14-6-4-5-13(9-14)16-10-22(11-17(16)19(24)25)12-18(23)21-15-7-2-1-3-8-15/h4-6,9,15-17H,1-3,7-8,10-12H2,(H,21,23)(H,24,25)/t16-,17+/m0/s1. The molecule has 0 spiro atoms. The number of nitrogens with zero attached hydrogens (tertiary/aromatic N) is 1. The molecule has 1 aromatic rings. The summed E-state index contributed by atoms with van der Waals surface area (Å²) in [4.78, 5) is 25.7. The van der Waals surface area contributed by atoms with Gasteiger partial charge in [0.05, 0.1) is 12.5 Å². The first-order valence-electron chi connectivity index (χ1n) is 9.03. The van der Waals surface area contributed by atoms with Crippen molar-refractivity contribution in [2.75, 3.05) is 19.6 Å². The number of amides is 1. The van der Waals surface area contributed by atoms with Gasteiger partial charge in [0.15, 0.2) is 0 Å². The highest BCUT2D eigenvalue weighted by atomic mass is 19.1. The third-order valence-electron chi connectivity index (χ3n) is 5.33. The fourth-order valence-corrected chi connectivity index (χ4v) is 4.06. The van der Waals surface area contributed by atoms with Gasteiger partial charge in [-0.05, 0) is 30.5 Å². The van der Waals surface area contributed by atoms with Crippen LogP contribution >= 0.6 is 0 Å². The predicted octanol–water partition coefficient (Wildman–Crippen LogP) is 2.37. The molecule has 0 bridgehead atoms. The summed E-state index contributed by atoms with van der Waals surface area (Å²) < 4.78 is 13.5. The number of nitrogens with one attached hydrogen (secondary N) is 1. The minimum Gasteiger partial charge on any atom is -0.481 e. The van der Waals surface area contributed by atoms with Gasteiger partial charge in [-0.1, -0.05) is 31.4 Å². The lowest BCUT2D eigenvalue weighted by atomic mass is 9.89. The van der Waals surface area contributed by atoms with Gasteiger partial charge in [0, 0.05) is 25.0 Å². The first kappa shape index (κ1) is 17.9. The van der Waals surface area contributed by atoms with Gasteiger partial charge < -0.3 is 10.4 Å². The SMILES string of the molecule is O=C(CN1C[C@@H](C(=O)O)[C@H](c2cccc(F)c2)C1)NC1CCCCC1. The highest BCUT2D eigenvalue weighted by Gasteiger charge is 2.39. The second-order valence-corrected chi connectivity index (χ2v) is 7.20. The zero-order chi connectivity index (χ0) is 17.8. The Morgan fingerprint density at radius 2 is 1.96 bits per heavy atom. The van der Waals surface area contributed by atoms with Crippen molar-refractivity contribution < 1.29 is 19.1 Å². The maximum absolute atomic E-state index is 13.5. The summed E-state index contributed by atoms with van der Waals surface area (Å²) in [6.07, 6.45) is 5.58.